The normalized spacial score (nSPS) is 17.4. The average Bonchev–Trinajstić information content (AvgIpc) is 2.85. The first kappa shape index (κ1) is 12.9. The maximum Gasteiger partial charge on any atom is 0.242 e. The summed E-state index contributed by atoms with van der Waals surface area (Å²) in [5, 5.41) is 6.10. The van der Waals surface area contributed by atoms with Gasteiger partial charge in [0.1, 0.15) is 11.9 Å². The summed E-state index contributed by atoms with van der Waals surface area (Å²) in [5.74, 6) is -0.269. The molecule has 0 unspecified atom stereocenters. The molecule has 0 aromatic heterocycles. The van der Waals surface area contributed by atoms with E-state index >= 15 is 0 Å². The highest BCUT2D eigenvalue weighted by Crippen LogP contribution is 2.18. The molecule has 3 nitrogen and oxygen atoms in total. The molecule has 0 heterocycles. The minimum absolute atomic E-state index is 0.00576. The molecule has 0 saturated heterocycles. The van der Waals surface area contributed by atoms with Gasteiger partial charge < -0.3 is 10.6 Å². The lowest BCUT2D eigenvalue weighted by Crippen LogP contribution is -2.42. The molecule has 0 bridgehead atoms. The van der Waals surface area contributed by atoms with Crippen LogP contribution in [0.2, 0.25) is 0 Å². The van der Waals surface area contributed by atoms with E-state index in [-0.39, 0.29) is 17.8 Å². The van der Waals surface area contributed by atoms with E-state index in [1.54, 1.807) is 12.1 Å². The van der Waals surface area contributed by atoms with Gasteiger partial charge in [-0.1, -0.05) is 12.8 Å². The number of benzene rings is 1. The Hall–Kier alpha value is -1.58. The van der Waals surface area contributed by atoms with Crippen molar-refractivity contribution >= 4 is 11.6 Å². The summed E-state index contributed by atoms with van der Waals surface area (Å²) in [6, 6.07) is 6.04. The summed E-state index contributed by atoms with van der Waals surface area (Å²) in [4.78, 5) is 11.9. The third-order valence-corrected chi connectivity index (χ3v) is 3.32. The summed E-state index contributed by atoms with van der Waals surface area (Å²) < 4.78 is 12.7. The molecule has 0 aliphatic heterocycles. The van der Waals surface area contributed by atoms with Crippen LogP contribution in [0.25, 0.3) is 0 Å². The standard InChI is InChI=1S/C14H19FN2O/c1-10(14(18)17-12-4-2-3-5-12)16-13-8-6-11(15)7-9-13/h6-10,12,16H,2-5H2,1H3,(H,17,18)/t10-/m0/s1. The van der Waals surface area contributed by atoms with E-state index in [4.69, 9.17) is 0 Å². The molecule has 1 fully saturated rings. The monoisotopic (exact) mass is 250 g/mol. The molecule has 1 amide bonds. The molecular weight excluding hydrogens is 231 g/mol. The molecule has 18 heavy (non-hydrogen) atoms. The van der Waals surface area contributed by atoms with Gasteiger partial charge in [-0.3, -0.25) is 4.79 Å². The van der Waals surface area contributed by atoms with Crippen LogP contribution in [0, 0.1) is 5.82 Å². The van der Waals surface area contributed by atoms with Crippen LogP contribution in [0.4, 0.5) is 10.1 Å². The van der Waals surface area contributed by atoms with Gasteiger partial charge in [0, 0.05) is 11.7 Å². The summed E-state index contributed by atoms with van der Waals surface area (Å²) in [5.41, 5.74) is 0.755. The van der Waals surface area contributed by atoms with Crippen LogP contribution >= 0.6 is 0 Å². The van der Waals surface area contributed by atoms with Gasteiger partial charge in [0.25, 0.3) is 0 Å². The van der Waals surface area contributed by atoms with E-state index < -0.39 is 0 Å². The largest absolute Gasteiger partial charge is 0.374 e. The minimum Gasteiger partial charge on any atom is -0.374 e. The van der Waals surface area contributed by atoms with Gasteiger partial charge in [-0.2, -0.15) is 0 Å². The fourth-order valence-corrected chi connectivity index (χ4v) is 2.26. The van der Waals surface area contributed by atoms with Crippen molar-refractivity contribution in [2.24, 2.45) is 0 Å². The Morgan fingerprint density at radius 3 is 2.50 bits per heavy atom. The third kappa shape index (κ3) is 3.45. The second-order valence-electron chi connectivity index (χ2n) is 4.86. The first-order valence-electron chi connectivity index (χ1n) is 6.47. The maximum atomic E-state index is 12.7. The van der Waals surface area contributed by atoms with Crippen molar-refractivity contribution in [1.29, 1.82) is 0 Å². The topological polar surface area (TPSA) is 41.1 Å². The molecule has 1 saturated carbocycles. The van der Waals surface area contributed by atoms with Crippen LogP contribution in [0.1, 0.15) is 32.6 Å². The third-order valence-electron chi connectivity index (χ3n) is 3.32. The fraction of sp³-hybridized carbons (Fsp3) is 0.500. The van der Waals surface area contributed by atoms with Crippen molar-refractivity contribution in [1.82, 2.24) is 5.32 Å². The van der Waals surface area contributed by atoms with E-state index in [2.05, 4.69) is 10.6 Å². The number of amides is 1. The highest BCUT2D eigenvalue weighted by Gasteiger charge is 2.20. The number of rotatable bonds is 4. The van der Waals surface area contributed by atoms with Crippen molar-refractivity contribution in [3.05, 3.63) is 30.1 Å². The predicted molar refractivity (Wildman–Crippen MR) is 69.9 cm³/mol. The number of halogens is 1. The number of nitrogens with one attached hydrogen (secondary N) is 2. The average molecular weight is 250 g/mol. The second kappa shape index (κ2) is 5.85. The van der Waals surface area contributed by atoms with Crippen LogP contribution in [0.5, 0.6) is 0 Å². The molecule has 98 valence electrons. The number of hydrogen-bond acceptors (Lipinski definition) is 2. The molecule has 1 aromatic rings. The predicted octanol–water partition coefficient (Wildman–Crippen LogP) is 2.68. The van der Waals surface area contributed by atoms with E-state index in [1.807, 2.05) is 6.92 Å². The highest BCUT2D eigenvalue weighted by atomic mass is 19.1. The van der Waals surface area contributed by atoms with Crippen molar-refractivity contribution in [3.63, 3.8) is 0 Å². The molecular formula is C14H19FN2O. The number of carbonyl (C=O) groups excluding carboxylic acids is 1. The van der Waals surface area contributed by atoms with Gasteiger partial charge in [0.05, 0.1) is 0 Å². The van der Waals surface area contributed by atoms with Crippen molar-refractivity contribution in [2.45, 2.75) is 44.7 Å². The summed E-state index contributed by atoms with van der Waals surface area (Å²) in [6.07, 6.45) is 4.56. The Kier molecular flexibility index (Phi) is 4.18. The van der Waals surface area contributed by atoms with Gasteiger partial charge >= 0.3 is 0 Å². The first-order valence-corrected chi connectivity index (χ1v) is 6.47. The molecule has 1 atom stereocenters. The molecule has 2 N–H and O–H groups in total. The smallest absolute Gasteiger partial charge is 0.242 e. The molecule has 0 radical (unpaired) electrons. The van der Waals surface area contributed by atoms with Crippen molar-refractivity contribution in [3.8, 4) is 0 Å². The number of anilines is 1. The van der Waals surface area contributed by atoms with E-state index in [9.17, 15) is 9.18 Å². The van der Waals surface area contributed by atoms with Crippen LogP contribution < -0.4 is 10.6 Å². The van der Waals surface area contributed by atoms with Crippen LogP contribution in [-0.2, 0) is 4.79 Å². The van der Waals surface area contributed by atoms with Crippen molar-refractivity contribution in [2.75, 3.05) is 5.32 Å². The van der Waals surface area contributed by atoms with Gasteiger partial charge in [0.2, 0.25) is 5.91 Å². The Bertz CT molecular complexity index is 399. The van der Waals surface area contributed by atoms with Crippen molar-refractivity contribution < 1.29 is 9.18 Å². The molecule has 1 aliphatic rings. The van der Waals surface area contributed by atoms with Crippen LogP contribution in [0.3, 0.4) is 0 Å². The maximum absolute atomic E-state index is 12.7. The Morgan fingerprint density at radius 2 is 1.89 bits per heavy atom. The zero-order valence-corrected chi connectivity index (χ0v) is 10.6. The van der Waals surface area contributed by atoms with Crippen LogP contribution in [0.15, 0.2) is 24.3 Å². The molecule has 1 aliphatic carbocycles. The second-order valence-corrected chi connectivity index (χ2v) is 4.86. The van der Waals surface area contributed by atoms with E-state index in [0.717, 1.165) is 18.5 Å². The van der Waals surface area contributed by atoms with E-state index in [0.29, 0.717) is 6.04 Å². The van der Waals surface area contributed by atoms with Gasteiger partial charge in [-0.25, -0.2) is 4.39 Å². The zero-order chi connectivity index (χ0) is 13.0. The summed E-state index contributed by atoms with van der Waals surface area (Å²) in [7, 11) is 0. The Balaban J connectivity index is 1.84. The van der Waals surface area contributed by atoms with Gasteiger partial charge in [-0.15, -0.1) is 0 Å². The molecule has 0 spiro atoms. The first-order chi connectivity index (χ1) is 8.65. The SMILES string of the molecule is C[C@H](Nc1ccc(F)cc1)C(=O)NC1CCCC1. The lowest BCUT2D eigenvalue weighted by atomic mass is 10.2. The highest BCUT2D eigenvalue weighted by molar-refractivity contribution is 5.84. The zero-order valence-electron chi connectivity index (χ0n) is 10.6. The number of hydrogen-bond donors (Lipinski definition) is 2. The lowest BCUT2D eigenvalue weighted by Gasteiger charge is -2.18. The minimum atomic E-state index is -0.309. The number of carbonyl (C=O) groups is 1. The Labute approximate surface area is 107 Å². The summed E-state index contributed by atoms with van der Waals surface area (Å²) in [6.45, 7) is 1.81. The Morgan fingerprint density at radius 1 is 1.28 bits per heavy atom. The molecule has 1 aromatic carbocycles. The quantitative estimate of drug-likeness (QED) is 0.862. The fourth-order valence-electron chi connectivity index (χ4n) is 2.26. The van der Waals surface area contributed by atoms with Crippen LogP contribution in [-0.4, -0.2) is 18.0 Å². The molecule has 2 rings (SSSR count). The molecule has 4 heteroatoms. The van der Waals surface area contributed by atoms with E-state index in [1.165, 1.54) is 25.0 Å². The van der Waals surface area contributed by atoms with Gasteiger partial charge in [-0.05, 0) is 44.0 Å². The van der Waals surface area contributed by atoms with Gasteiger partial charge in [0.15, 0.2) is 0 Å². The summed E-state index contributed by atoms with van der Waals surface area (Å²) >= 11 is 0. The lowest BCUT2D eigenvalue weighted by molar-refractivity contribution is -0.122.